The molecular weight excluding hydrogens is 1040 g/mol. The summed E-state index contributed by atoms with van der Waals surface area (Å²) >= 11 is 0. The van der Waals surface area contributed by atoms with E-state index in [1.54, 1.807) is 6.08 Å². The molecule has 0 saturated carbocycles. The molecule has 11 nitrogen and oxygen atoms in total. The lowest BCUT2D eigenvalue weighted by Crippen LogP contribution is -2.60. The van der Waals surface area contributed by atoms with Gasteiger partial charge in [-0.25, -0.2) is 0 Å². The van der Waals surface area contributed by atoms with Crippen LogP contribution in [0.1, 0.15) is 373 Å². The SMILES string of the molecule is CCCCCCCCC/C=C/C(O)C(COC1OC(CO)C(O)C(O)C1O)NC(=O)CCCCCCCCCCCCCCCCCCCCCCCCCCCCCCCCCCOC(=O)CCCCCCCCCCCCCCCC. The number of ether oxygens (including phenoxy) is 3. The van der Waals surface area contributed by atoms with E-state index in [-0.39, 0.29) is 18.5 Å². The second-order valence-electron chi connectivity index (χ2n) is 25.7. The maximum absolute atomic E-state index is 13.0. The molecule has 0 spiro atoms. The zero-order valence-electron chi connectivity index (χ0n) is 54.7. The van der Waals surface area contributed by atoms with Crippen LogP contribution in [-0.2, 0) is 23.8 Å². The van der Waals surface area contributed by atoms with Gasteiger partial charge in [0.2, 0.25) is 5.91 Å². The molecule has 0 aliphatic carbocycles. The molecule has 1 rings (SSSR count). The minimum absolute atomic E-state index is 0.0167. The van der Waals surface area contributed by atoms with E-state index in [2.05, 4.69) is 19.2 Å². The number of amides is 1. The van der Waals surface area contributed by atoms with Crippen LogP contribution in [0.25, 0.3) is 0 Å². The Morgan fingerprint density at radius 1 is 0.434 bits per heavy atom. The van der Waals surface area contributed by atoms with E-state index in [1.807, 2.05) is 6.08 Å². The molecule has 0 radical (unpaired) electrons. The lowest BCUT2D eigenvalue weighted by atomic mass is 9.99. The zero-order valence-corrected chi connectivity index (χ0v) is 54.7. The highest BCUT2D eigenvalue weighted by atomic mass is 16.7. The molecule has 0 aromatic rings. The van der Waals surface area contributed by atoms with Crippen molar-refractivity contribution >= 4 is 11.9 Å². The fraction of sp³-hybridized carbons (Fsp3) is 0.944. The second-order valence-corrected chi connectivity index (χ2v) is 25.7. The maximum atomic E-state index is 13.0. The molecule has 6 N–H and O–H groups in total. The monoisotopic (exact) mass is 1180 g/mol. The number of rotatable bonds is 65. The number of unbranched alkanes of at least 4 members (excludes halogenated alkanes) is 51. The lowest BCUT2D eigenvalue weighted by molar-refractivity contribution is -0.302. The highest BCUT2D eigenvalue weighted by molar-refractivity contribution is 5.76. The Morgan fingerprint density at radius 2 is 0.759 bits per heavy atom. The quantitative estimate of drug-likeness (QED) is 0.0195. The van der Waals surface area contributed by atoms with Gasteiger partial charge in [0, 0.05) is 12.8 Å². The summed E-state index contributed by atoms with van der Waals surface area (Å²) in [5.74, 6) is -0.160. The number of carbonyl (C=O) groups is 2. The molecule has 7 atom stereocenters. The number of nitrogens with one attached hydrogen (secondary N) is 1. The molecule has 0 bridgehead atoms. The normalized spacial score (nSPS) is 18.1. The van der Waals surface area contributed by atoms with Gasteiger partial charge in [0.1, 0.15) is 24.4 Å². The van der Waals surface area contributed by atoms with Gasteiger partial charge in [-0.2, -0.15) is 0 Å². The third kappa shape index (κ3) is 51.0. The molecule has 1 aliphatic rings. The standard InChI is InChI=1S/C72H139NO10/c1-3-5-7-9-11-13-14-15-37-40-44-48-52-56-60-68(77)81-61-57-53-49-45-41-38-35-33-31-29-27-25-23-21-19-17-16-18-20-22-24-26-28-30-32-34-36-39-43-47-51-55-59-67(76)73-64(65(75)58-54-50-46-42-12-10-8-6-4-2)63-82-72-71(80)70(79)69(78)66(62-74)83-72/h54,58,64-66,69-72,74-75,78-80H,3-53,55-57,59-63H2,1-2H3,(H,73,76)/b58-54+. The van der Waals surface area contributed by atoms with Crippen LogP contribution in [-0.4, -0.2) is 100 Å². The summed E-state index contributed by atoms with van der Waals surface area (Å²) in [6.07, 6.45) is 66.6. The average Bonchev–Trinajstić information content (AvgIpc) is 3.55. The fourth-order valence-corrected chi connectivity index (χ4v) is 11.9. The minimum Gasteiger partial charge on any atom is -0.466 e. The van der Waals surface area contributed by atoms with Crippen molar-refractivity contribution in [2.75, 3.05) is 19.8 Å². The van der Waals surface area contributed by atoms with E-state index < -0.39 is 49.5 Å². The van der Waals surface area contributed by atoms with Crippen molar-refractivity contribution < 1.29 is 49.3 Å². The fourth-order valence-electron chi connectivity index (χ4n) is 11.9. The Morgan fingerprint density at radius 3 is 1.12 bits per heavy atom. The predicted molar refractivity (Wildman–Crippen MR) is 348 cm³/mol. The van der Waals surface area contributed by atoms with Gasteiger partial charge < -0.3 is 45.1 Å². The number of esters is 1. The van der Waals surface area contributed by atoms with E-state index in [0.29, 0.717) is 19.4 Å². The van der Waals surface area contributed by atoms with Crippen LogP contribution in [0.5, 0.6) is 0 Å². The van der Waals surface area contributed by atoms with Gasteiger partial charge in [-0.1, -0.05) is 341 Å². The Balaban J connectivity index is 1.88. The highest BCUT2D eigenvalue weighted by Gasteiger charge is 2.44. The Bertz CT molecular complexity index is 1380. The van der Waals surface area contributed by atoms with Crippen molar-refractivity contribution in [1.29, 1.82) is 0 Å². The molecule has 0 aromatic carbocycles. The minimum atomic E-state index is -1.57. The van der Waals surface area contributed by atoms with E-state index in [9.17, 15) is 35.1 Å². The summed E-state index contributed by atoms with van der Waals surface area (Å²) in [6.45, 7) is 4.36. The number of hydrogen-bond donors (Lipinski definition) is 6. The zero-order chi connectivity index (χ0) is 60.2. The molecule has 83 heavy (non-hydrogen) atoms. The molecule has 0 aromatic heterocycles. The molecule has 1 aliphatic heterocycles. The first-order valence-corrected chi connectivity index (χ1v) is 36.5. The second kappa shape index (κ2) is 62.0. The molecule has 1 saturated heterocycles. The van der Waals surface area contributed by atoms with E-state index >= 15 is 0 Å². The van der Waals surface area contributed by atoms with Crippen LogP contribution in [0.2, 0.25) is 0 Å². The third-order valence-corrected chi connectivity index (χ3v) is 17.7. The smallest absolute Gasteiger partial charge is 0.305 e. The lowest BCUT2D eigenvalue weighted by Gasteiger charge is -2.40. The molecule has 1 fully saturated rings. The van der Waals surface area contributed by atoms with E-state index in [1.165, 1.54) is 295 Å². The number of carbonyl (C=O) groups excluding carboxylic acids is 2. The Kier molecular flexibility index (Phi) is 59.3. The molecule has 11 heteroatoms. The van der Waals surface area contributed by atoms with Gasteiger partial charge >= 0.3 is 5.97 Å². The van der Waals surface area contributed by atoms with Crippen molar-refractivity contribution in [3.63, 3.8) is 0 Å². The predicted octanol–water partition coefficient (Wildman–Crippen LogP) is 18.6. The van der Waals surface area contributed by atoms with Crippen molar-refractivity contribution in [1.82, 2.24) is 5.32 Å². The highest BCUT2D eigenvalue weighted by Crippen LogP contribution is 2.24. The number of aliphatic hydroxyl groups excluding tert-OH is 5. The van der Waals surface area contributed by atoms with Crippen LogP contribution >= 0.6 is 0 Å². The largest absolute Gasteiger partial charge is 0.466 e. The first-order chi connectivity index (χ1) is 40.7. The van der Waals surface area contributed by atoms with Gasteiger partial charge in [-0.3, -0.25) is 9.59 Å². The van der Waals surface area contributed by atoms with Crippen LogP contribution in [0, 0.1) is 0 Å². The Labute approximate surface area is 512 Å². The van der Waals surface area contributed by atoms with Crippen LogP contribution in [0.3, 0.4) is 0 Å². The summed E-state index contributed by atoms with van der Waals surface area (Å²) in [7, 11) is 0. The van der Waals surface area contributed by atoms with Crippen molar-refractivity contribution in [2.24, 2.45) is 0 Å². The summed E-state index contributed by atoms with van der Waals surface area (Å²) in [5.41, 5.74) is 0. The van der Waals surface area contributed by atoms with Crippen molar-refractivity contribution in [2.45, 2.75) is 416 Å². The van der Waals surface area contributed by atoms with Gasteiger partial charge in [0.05, 0.1) is 32.0 Å². The van der Waals surface area contributed by atoms with Crippen molar-refractivity contribution in [3.8, 4) is 0 Å². The molecular formula is C72H139NO10. The van der Waals surface area contributed by atoms with Gasteiger partial charge in [-0.05, 0) is 32.1 Å². The Hall–Kier alpha value is -1.60. The number of hydrogen-bond acceptors (Lipinski definition) is 10. The molecule has 1 heterocycles. The summed E-state index contributed by atoms with van der Waals surface area (Å²) in [6, 6.07) is -0.804. The average molecular weight is 1180 g/mol. The van der Waals surface area contributed by atoms with Crippen LogP contribution < -0.4 is 5.32 Å². The van der Waals surface area contributed by atoms with Gasteiger partial charge in [0.25, 0.3) is 0 Å². The van der Waals surface area contributed by atoms with Gasteiger partial charge in [0.15, 0.2) is 6.29 Å². The topological polar surface area (TPSA) is 175 Å². The first-order valence-electron chi connectivity index (χ1n) is 36.5. The van der Waals surface area contributed by atoms with Crippen molar-refractivity contribution in [3.05, 3.63) is 12.2 Å². The summed E-state index contributed by atoms with van der Waals surface area (Å²) in [5, 5.41) is 54.3. The maximum Gasteiger partial charge on any atom is 0.305 e. The number of aliphatic hydroxyl groups is 5. The number of allylic oxidation sites excluding steroid dienone is 1. The van der Waals surface area contributed by atoms with Gasteiger partial charge in [-0.15, -0.1) is 0 Å². The summed E-state index contributed by atoms with van der Waals surface area (Å²) < 4.78 is 16.7. The van der Waals surface area contributed by atoms with E-state index in [4.69, 9.17) is 14.2 Å². The van der Waals surface area contributed by atoms with E-state index in [0.717, 1.165) is 51.4 Å². The summed E-state index contributed by atoms with van der Waals surface area (Å²) in [4.78, 5) is 25.1. The molecule has 492 valence electrons. The van der Waals surface area contributed by atoms with Crippen LogP contribution in [0.15, 0.2) is 12.2 Å². The molecule has 1 amide bonds. The first kappa shape index (κ1) is 79.4. The van der Waals surface area contributed by atoms with Crippen LogP contribution in [0.4, 0.5) is 0 Å². The molecule has 7 unspecified atom stereocenters. The third-order valence-electron chi connectivity index (χ3n) is 17.7.